The lowest BCUT2D eigenvalue weighted by Crippen LogP contribution is -2.27. The van der Waals surface area contributed by atoms with Crippen molar-refractivity contribution in [2.24, 2.45) is 5.14 Å². The van der Waals surface area contributed by atoms with E-state index in [1.807, 2.05) is 11.5 Å². The Morgan fingerprint density at radius 3 is 2.65 bits per heavy atom. The van der Waals surface area contributed by atoms with Gasteiger partial charge in [0.15, 0.2) is 10.9 Å². The first-order valence-electron chi connectivity index (χ1n) is 9.94. The number of carbonyl (C=O) groups is 2. The van der Waals surface area contributed by atoms with E-state index in [9.17, 15) is 18.0 Å². The number of aromatic amines is 1. The molecule has 0 saturated carbocycles. The third kappa shape index (κ3) is 4.39. The van der Waals surface area contributed by atoms with Crippen LogP contribution in [0.15, 0.2) is 40.5 Å². The maximum Gasteiger partial charge on any atom is 0.270 e. The second-order valence-electron chi connectivity index (χ2n) is 7.35. The number of ketones is 1. The van der Waals surface area contributed by atoms with Crippen molar-refractivity contribution in [1.82, 2.24) is 19.4 Å². The van der Waals surface area contributed by atoms with E-state index in [4.69, 9.17) is 5.14 Å². The van der Waals surface area contributed by atoms with E-state index in [0.29, 0.717) is 28.5 Å². The molecule has 1 aromatic carbocycles. The Morgan fingerprint density at radius 1 is 1.23 bits per heavy atom. The average Bonchev–Trinajstić information content (AvgIpc) is 3.49. The number of nitrogens with one attached hydrogen (secondary N) is 1. The van der Waals surface area contributed by atoms with Crippen LogP contribution < -0.4 is 5.14 Å². The van der Waals surface area contributed by atoms with Crippen molar-refractivity contribution in [3.8, 4) is 0 Å². The highest BCUT2D eigenvalue weighted by atomic mass is 32.2. The Bertz CT molecular complexity index is 1260. The first kappa shape index (κ1) is 21.6. The lowest BCUT2D eigenvalue weighted by molar-refractivity contribution is 0.0787. The molecule has 1 fully saturated rings. The molecule has 0 unspecified atom stereocenters. The molecule has 0 atom stereocenters. The van der Waals surface area contributed by atoms with Gasteiger partial charge in [-0.05, 0) is 44.0 Å². The number of nitrogens with zero attached hydrogens (tertiary/aromatic N) is 3. The number of Topliss-reactive ketones (excluding diaryl/α,β-unsaturated/α-hetero) is 1. The molecule has 164 valence electrons. The van der Waals surface area contributed by atoms with E-state index < -0.39 is 10.0 Å². The number of carbonyl (C=O) groups excluding carboxylic acids is 2. The Hall–Kier alpha value is -2.63. The highest BCUT2D eigenvalue weighted by Gasteiger charge is 2.22. The van der Waals surface area contributed by atoms with Crippen molar-refractivity contribution in [2.45, 2.75) is 36.4 Å². The number of thioether (sulfide) groups is 1. The number of benzene rings is 1. The Kier molecular flexibility index (Phi) is 5.91. The standard InChI is InChI=1S/C20H23N5O4S2/c1-2-25-17-6-5-14(31(21,28)29)10-15(17)23-20(25)30-12-18(26)13-9-16(22-11-13)19(27)24-7-3-4-8-24/h5-6,9-11,22H,2-4,7-8,12H2,1H3,(H2,21,28,29). The minimum absolute atomic E-state index is 0.00380. The highest BCUT2D eigenvalue weighted by Crippen LogP contribution is 2.26. The van der Waals surface area contributed by atoms with Crippen LogP contribution in [0.3, 0.4) is 0 Å². The molecule has 0 aliphatic carbocycles. The van der Waals surface area contributed by atoms with E-state index in [1.165, 1.54) is 23.9 Å². The quantitative estimate of drug-likeness (QED) is 0.410. The van der Waals surface area contributed by atoms with E-state index in [0.717, 1.165) is 31.4 Å². The number of sulfonamides is 1. The number of aromatic nitrogens is 3. The average molecular weight is 462 g/mol. The van der Waals surface area contributed by atoms with Crippen LogP contribution in [-0.2, 0) is 16.6 Å². The van der Waals surface area contributed by atoms with Crippen LogP contribution in [-0.4, -0.2) is 58.4 Å². The number of aryl methyl sites for hydroxylation is 1. The van der Waals surface area contributed by atoms with Crippen LogP contribution >= 0.6 is 11.8 Å². The Labute approximate surface area is 184 Å². The lowest BCUT2D eigenvalue weighted by Gasteiger charge is -2.13. The van der Waals surface area contributed by atoms with Crippen LogP contribution in [0, 0.1) is 0 Å². The number of primary sulfonamides is 1. The van der Waals surface area contributed by atoms with Gasteiger partial charge in [-0.15, -0.1) is 0 Å². The van der Waals surface area contributed by atoms with Crippen LogP contribution in [0.5, 0.6) is 0 Å². The summed E-state index contributed by atoms with van der Waals surface area (Å²) in [5, 5.41) is 5.82. The molecule has 0 spiro atoms. The largest absolute Gasteiger partial charge is 0.356 e. The SMILES string of the molecule is CCn1c(SCC(=O)c2c[nH]c(C(=O)N3CCCC3)c2)nc2cc(S(N)(=O)=O)ccc21. The summed E-state index contributed by atoms with van der Waals surface area (Å²) >= 11 is 1.27. The van der Waals surface area contributed by atoms with Gasteiger partial charge in [0, 0.05) is 31.4 Å². The molecule has 0 radical (unpaired) electrons. The number of amides is 1. The zero-order valence-corrected chi connectivity index (χ0v) is 18.6. The zero-order valence-electron chi connectivity index (χ0n) is 17.0. The number of hydrogen-bond donors (Lipinski definition) is 2. The molecule has 2 aromatic heterocycles. The van der Waals surface area contributed by atoms with Gasteiger partial charge < -0.3 is 14.5 Å². The zero-order chi connectivity index (χ0) is 22.2. The molecule has 1 amide bonds. The number of hydrogen-bond acceptors (Lipinski definition) is 6. The normalized spacial score (nSPS) is 14.5. The molecule has 0 bridgehead atoms. The van der Waals surface area contributed by atoms with Gasteiger partial charge in [0.1, 0.15) is 5.69 Å². The summed E-state index contributed by atoms with van der Waals surface area (Å²) < 4.78 is 25.1. The fourth-order valence-electron chi connectivity index (χ4n) is 3.66. The molecular formula is C20H23N5O4S2. The number of fused-ring (bicyclic) bond motifs is 1. The van der Waals surface area contributed by atoms with E-state index in [2.05, 4.69) is 9.97 Å². The number of likely N-dealkylation sites (tertiary alicyclic amines) is 1. The number of rotatable bonds is 7. The second-order valence-corrected chi connectivity index (χ2v) is 9.85. The smallest absolute Gasteiger partial charge is 0.270 e. The van der Waals surface area contributed by atoms with E-state index in [-0.39, 0.29) is 22.3 Å². The molecule has 3 N–H and O–H groups in total. The van der Waals surface area contributed by atoms with Crippen LogP contribution in [0.1, 0.15) is 40.6 Å². The summed E-state index contributed by atoms with van der Waals surface area (Å²) in [5.74, 6) is -0.0649. The van der Waals surface area contributed by atoms with Crippen LogP contribution in [0.25, 0.3) is 11.0 Å². The minimum atomic E-state index is -3.82. The third-order valence-corrected chi connectivity index (χ3v) is 7.18. The molecule has 3 heterocycles. The number of nitrogens with two attached hydrogens (primary N) is 1. The van der Waals surface area contributed by atoms with E-state index >= 15 is 0 Å². The van der Waals surface area contributed by atoms with Crippen molar-refractivity contribution >= 4 is 44.5 Å². The fraction of sp³-hybridized carbons (Fsp3) is 0.350. The summed E-state index contributed by atoms with van der Waals surface area (Å²) in [4.78, 5) is 34.3. The first-order chi connectivity index (χ1) is 14.8. The third-order valence-electron chi connectivity index (χ3n) is 5.29. The van der Waals surface area contributed by atoms with Crippen LogP contribution in [0.4, 0.5) is 0 Å². The molecule has 1 saturated heterocycles. The van der Waals surface area contributed by atoms with Gasteiger partial charge in [-0.2, -0.15) is 0 Å². The highest BCUT2D eigenvalue weighted by molar-refractivity contribution is 7.99. The summed E-state index contributed by atoms with van der Waals surface area (Å²) in [6.07, 6.45) is 3.57. The summed E-state index contributed by atoms with van der Waals surface area (Å²) in [6.45, 7) is 4.05. The predicted molar refractivity (Wildman–Crippen MR) is 118 cm³/mol. The van der Waals surface area contributed by atoms with Crippen molar-refractivity contribution in [1.29, 1.82) is 0 Å². The predicted octanol–water partition coefficient (Wildman–Crippen LogP) is 2.24. The van der Waals surface area contributed by atoms with Crippen molar-refractivity contribution in [3.63, 3.8) is 0 Å². The van der Waals surface area contributed by atoms with Gasteiger partial charge >= 0.3 is 0 Å². The molecule has 31 heavy (non-hydrogen) atoms. The summed E-state index contributed by atoms with van der Waals surface area (Å²) in [6, 6.07) is 6.15. The summed E-state index contributed by atoms with van der Waals surface area (Å²) in [7, 11) is -3.82. The molecule has 3 aromatic rings. The molecular weight excluding hydrogens is 438 g/mol. The topological polar surface area (TPSA) is 131 Å². The van der Waals surface area contributed by atoms with Crippen LogP contribution in [0.2, 0.25) is 0 Å². The van der Waals surface area contributed by atoms with Crippen molar-refractivity contribution in [2.75, 3.05) is 18.8 Å². The molecule has 9 nitrogen and oxygen atoms in total. The van der Waals surface area contributed by atoms with Gasteiger partial charge in [-0.1, -0.05) is 11.8 Å². The summed E-state index contributed by atoms with van der Waals surface area (Å²) in [5.41, 5.74) is 2.14. The van der Waals surface area contributed by atoms with Gasteiger partial charge in [0.25, 0.3) is 5.91 Å². The van der Waals surface area contributed by atoms with Crippen molar-refractivity contribution in [3.05, 3.63) is 41.7 Å². The maximum absolute atomic E-state index is 12.7. The van der Waals surface area contributed by atoms with E-state index in [1.54, 1.807) is 23.2 Å². The Morgan fingerprint density at radius 2 is 1.97 bits per heavy atom. The molecule has 1 aliphatic rings. The number of H-pyrrole nitrogens is 1. The Balaban J connectivity index is 1.49. The molecule has 11 heteroatoms. The second kappa shape index (κ2) is 8.48. The fourth-order valence-corrected chi connectivity index (χ4v) is 5.17. The minimum Gasteiger partial charge on any atom is -0.356 e. The van der Waals surface area contributed by atoms with Gasteiger partial charge in [-0.25, -0.2) is 18.5 Å². The first-order valence-corrected chi connectivity index (χ1v) is 12.5. The molecule has 1 aliphatic heterocycles. The monoisotopic (exact) mass is 461 g/mol. The molecule has 4 rings (SSSR count). The number of imidazole rings is 1. The van der Waals surface area contributed by atoms with Gasteiger partial charge in [0.2, 0.25) is 10.0 Å². The maximum atomic E-state index is 12.7. The lowest BCUT2D eigenvalue weighted by atomic mass is 10.2. The van der Waals surface area contributed by atoms with Gasteiger partial charge in [-0.3, -0.25) is 9.59 Å². The van der Waals surface area contributed by atoms with Gasteiger partial charge in [0.05, 0.1) is 21.7 Å². The van der Waals surface area contributed by atoms with Crippen molar-refractivity contribution < 1.29 is 18.0 Å².